The van der Waals surface area contributed by atoms with Crippen molar-refractivity contribution in [3.8, 4) is 5.75 Å². The zero-order chi connectivity index (χ0) is 20.9. The molecule has 1 unspecified atom stereocenters. The van der Waals surface area contributed by atoms with Gasteiger partial charge in [-0.05, 0) is 49.1 Å². The quantitative estimate of drug-likeness (QED) is 0.258. The van der Waals surface area contributed by atoms with E-state index in [4.69, 9.17) is 9.47 Å². The molecule has 6 nitrogen and oxygen atoms in total. The number of hydrogen-bond acceptors (Lipinski definition) is 4. The number of hydrogen-bond donors (Lipinski definition) is 2. The van der Waals surface area contributed by atoms with Gasteiger partial charge in [0.1, 0.15) is 12.4 Å². The maximum atomic E-state index is 5.85. The molecule has 0 spiro atoms. The molecule has 0 bridgehead atoms. The van der Waals surface area contributed by atoms with Crippen LogP contribution in [0.25, 0.3) is 0 Å². The Bertz CT molecular complexity index is 741. The van der Waals surface area contributed by atoms with Gasteiger partial charge in [0.05, 0.1) is 11.8 Å². The molecule has 2 rings (SSSR count). The Kier molecular flexibility index (Phi) is 13.1. The van der Waals surface area contributed by atoms with Crippen molar-refractivity contribution in [3.05, 3.63) is 59.9 Å². The van der Waals surface area contributed by atoms with Gasteiger partial charge < -0.3 is 20.1 Å². The summed E-state index contributed by atoms with van der Waals surface area (Å²) in [5, 5.41) is 6.72. The number of aliphatic imine (C=N–C) groups is 1. The topological polar surface area (TPSA) is 67.8 Å². The summed E-state index contributed by atoms with van der Waals surface area (Å²) in [6.07, 6.45) is 2.98. The van der Waals surface area contributed by atoms with Gasteiger partial charge >= 0.3 is 0 Å². The highest BCUT2D eigenvalue weighted by atomic mass is 127. The molecule has 0 saturated heterocycles. The van der Waals surface area contributed by atoms with Crippen molar-refractivity contribution in [1.82, 2.24) is 15.6 Å². The maximum absolute atomic E-state index is 5.85. The average molecular weight is 526 g/mol. The molecule has 1 atom stereocenters. The first-order chi connectivity index (χ1) is 14.1. The first kappa shape index (κ1) is 26.2. The molecule has 30 heavy (non-hydrogen) atoms. The minimum absolute atomic E-state index is 0. The van der Waals surface area contributed by atoms with Crippen molar-refractivity contribution in [1.29, 1.82) is 0 Å². The highest BCUT2D eigenvalue weighted by molar-refractivity contribution is 14.0. The maximum Gasteiger partial charge on any atom is 0.191 e. The minimum Gasteiger partial charge on any atom is -0.487 e. The van der Waals surface area contributed by atoms with Crippen molar-refractivity contribution < 1.29 is 9.47 Å². The zero-order valence-corrected chi connectivity index (χ0v) is 20.8. The highest BCUT2D eigenvalue weighted by Crippen LogP contribution is 2.15. The second kappa shape index (κ2) is 15.0. The molecule has 1 aromatic heterocycles. The van der Waals surface area contributed by atoms with Crippen molar-refractivity contribution in [3.63, 3.8) is 0 Å². The van der Waals surface area contributed by atoms with E-state index in [0.717, 1.165) is 42.5 Å². The fourth-order valence-corrected chi connectivity index (χ4v) is 2.95. The molecule has 0 aliphatic heterocycles. The fraction of sp³-hybridized carbons (Fsp3) is 0.478. The molecule has 0 saturated carbocycles. The summed E-state index contributed by atoms with van der Waals surface area (Å²) in [5.74, 6) is 2.11. The number of ether oxygens (including phenoxy) is 2. The highest BCUT2D eigenvalue weighted by Gasteiger charge is 2.13. The monoisotopic (exact) mass is 526 g/mol. The van der Waals surface area contributed by atoms with Crippen LogP contribution in [0.1, 0.15) is 38.4 Å². The van der Waals surface area contributed by atoms with E-state index >= 15 is 0 Å². The molecular weight excluding hydrogens is 491 g/mol. The molecular formula is C23H35IN4O2. The molecule has 0 aliphatic rings. The predicted octanol–water partition coefficient (Wildman–Crippen LogP) is 4.39. The van der Waals surface area contributed by atoms with E-state index < -0.39 is 0 Å². The van der Waals surface area contributed by atoms with Crippen molar-refractivity contribution in [2.45, 2.75) is 46.4 Å². The Labute approximate surface area is 197 Å². The van der Waals surface area contributed by atoms with Crippen LogP contribution in [0.2, 0.25) is 0 Å². The summed E-state index contributed by atoms with van der Waals surface area (Å²) < 4.78 is 11.7. The van der Waals surface area contributed by atoms with Gasteiger partial charge in [-0.3, -0.25) is 9.98 Å². The van der Waals surface area contributed by atoms with E-state index in [1.807, 2.05) is 43.3 Å². The third kappa shape index (κ3) is 9.75. The van der Waals surface area contributed by atoms with Crippen molar-refractivity contribution in [2.24, 2.45) is 10.9 Å². The van der Waals surface area contributed by atoms with Gasteiger partial charge in [0.25, 0.3) is 0 Å². The number of aromatic nitrogens is 1. The lowest BCUT2D eigenvalue weighted by molar-refractivity contribution is 0.0258. The number of rotatable bonds is 11. The number of benzene rings is 1. The molecule has 0 fully saturated rings. The van der Waals surface area contributed by atoms with E-state index in [-0.39, 0.29) is 30.1 Å². The molecule has 166 valence electrons. The van der Waals surface area contributed by atoms with Crippen LogP contribution in [-0.2, 0) is 17.9 Å². The van der Waals surface area contributed by atoms with E-state index in [2.05, 4.69) is 40.5 Å². The van der Waals surface area contributed by atoms with Gasteiger partial charge in [0.15, 0.2) is 5.96 Å². The van der Waals surface area contributed by atoms with Crippen LogP contribution in [0.4, 0.5) is 0 Å². The van der Waals surface area contributed by atoms with Crippen LogP contribution < -0.4 is 15.4 Å². The summed E-state index contributed by atoms with van der Waals surface area (Å²) in [4.78, 5) is 8.58. The molecule has 1 aromatic carbocycles. The van der Waals surface area contributed by atoms with Gasteiger partial charge in [-0.2, -0.15) is 0 Å². The van der Waals surface area contributed by atoms with E-state index in [1.165, 1.54) is 0 Å². The van der Waals surface area contributed by atoms with Gasteiger partial charge in [-0.15, -0.1) is 24.0 Å². The smallest absolute Gasteiger partial charge is 0.191 e. The van der Waals surface area contributed by atoms with Crippen LogP contribution in [0.3, 0.4) is 0 Å². The lowest BCUT2D eigenvalue weighted by Crippen LogP contribution is -2.38. The van der Waals surface area contributed by atoms with Gasteiger partial charge in [0, 0.05) is 32.9 Å². The standard InChI is InChI=1S/C23H34N4O2.HI/c1-5-28-22(18(2)3)12-14-26-23(24-4)27-16-19-9-8-11-21(15-19)29-17-20-10-6-7-13-25-20;/h6-11,13,15,18,22H,5,12,14,16-17H2,1-4H3,(H2,24,26,27);1H. The van der Waals surface area contributed by atoms with E-state index in [1.54, 1.807) is 13.2 Å². The van der Waals surface area contributed by atoms with Gasteiger partial charge in [-0.25, -0.2) is 0 Å². The Balaban J connectivity index is 0.00000450. The number of halogens is 1. The summed E-state index contributed by atoms with van der Waals surface area (Å²) in [6, 6.07) is 13.9. The largest absolute Gasteiger partial charge is 0.487 e. The van der Waals surface area contributed by atoms with E-state index in [9.17, 15) is 0 Å². The SMILES string of the molecule is CCOC(CCNC(=NC)NCc1cccc(OCc2ccccn2)c1)C(C)C.I. The molecule has 1 heterocycles. The van der Waals surface area contributed by atoms with Crippen LogP contribution in [-0.4, -0.2) is 37.2 Å². The second-order valence-corrected chi connectivity index (χ2v) is 7.14. The van der Waals surface area contributed by atoms with Gasteiger partial charge in [-0.1, -0.05) is 32.0 Å². The molecule has 0 aliphatic carbocycles. The number of nitrogens with one attached hydrogen (secondary N) is 2. The minimum atomic E-state index is 0. The Morgan fingerprint density at radius 3 is 2.63 bits per heavy atom. The van der Waals surface area contributed by atoms with E-state index in [0.29, 0.717) is 19.1 Å². The summed E-state index contributed by atoms with van der Waals surface area (Å²) in [5.41, 5.74) is 2.04. The molecule has 0 radical (unpaired) electrons. The molecule has 0 amide bonds. The first-order valence-electron chi connectivity index (χ1n) is 10.3. The third-order valence-corrected chi connectivity index (χ3v) is 4.54. The molecule has 7 heteroatoms. The normalized spacial score (nSPS) is 12.2. The number of guanidine groups is 1. The van der Waals surface area contributed by atoms with Crippen LogP contribution >= 0.6 is 24.0 Å². The van der Waals surface area contributed by atoms with Crippen molar-refractivity contribution >= 4 is 29.9 Å². The number of nitrogens with zero attached hydrogens (tertiary/aromatic N) is 2. The molecule has 2 N–H and O–H groups in total. The van der Waals surface area contributed by atoms with Crippen molar-refractivity contribution in [2.75, 3.05) is 20.2 Å². The Morgan fingerprint density at radius 1 is 1.13 bits per heavy atom. The Hall–Kier alpha value is -1.87. The predicted molar refractivity (Wildman–Crippen MR) is 133 cm³/mol. The van der Waals surface area contributed by atoms with Gasteiger partial charge in [0.2, 0.25) is 0 Å². The fourth-order valence-electron chi connectivity index (χ4n) is 2.95. The third-order valence-electron chi connectivity index (χ3n) is 4.54. The Morgan fingerprint density at radius 2 is 1.97 bits per heavy atom. The lowest BCUT2D eigenvalue weighted by Gasteiger charge is -2.21. The average Bonchev–Trinajstić information content (AvgIpc) is 2.74. The number of pyridine rings is 1. The molecule has 2 aromatic rings. The van der Waals surface area contributed by atoms with Crippen LogP contribution in [0, 0.1) is 5.92 Å². The summed E-state index contributed by atoms with van der Waals surface area (Å²) in [6.45, 7) is 9.10. The van der Waals surface area contributed by atoms with Crippen LogP contribution in [0.15, 0.2) is 53.7 Å². The first-order valence-corrected chi connectivity index (χ1v) is 10.3. The summed E-state index contributed by atoms with van der Waals surface area (Å²) >= 11 is 0. The zero-order valence-electron chi connectivity index (χ0n) is 18.4. The second-order valence-electron chi connectivity index (χ2n) is 7.14. The lowest BCUT2D eigenvalue weighted by atomic mass is 10.0. The van der Waals surface area contributed by atoms with Crippen LogP contribution in [0.5, 0.6) is 5.75 Å². The summed E-state index contributed by atoms with van der Waals surface area (Å²) in [7, 11) is 1.78.